The summed E-state index contributed by atoms with van der Waals surface area (Å²) in [6, 6.07) is 36.7. The van der Waals surface area contributed by atoms with Crippen molar-refractivity contribution in [1.29, 1.82) is 0 Å². The van der Waals surface area contributed by atoms with Gasteiger partial charge in [-0.3, -0.25) is 9.63 Å². The Bertz CT molecular complexity index is 1410. The van der Waals surface area contributed by atoms with Crippen LogP contribution in [0.1, 0.15) is 36.0 Å². The van der Waals surface area contributed by atoms with Gasteiger partial charge in [0.25, 0.3) is 0 Å². The van der Waals surface area contributed by atoms with E-state index in [2.05, 4.69) is 5.48 Å². The molecule has 4 aromatic rings. The van der Waals surface area contributed by atoms with Gasteiger partial charge in [-0.05, 0) is 65.8 Å². The molecule has 1 saturated carbocycles. The smallest absolute Gasteiger partial charge is 0.322 e. The number of hydrogen-bond acceptors (Lipinski definition) is 6. The van der Waals surface area contributed by atoms with E-state index in [-0.39, 0.29) is 5.97 Å². The molecule has 1 aliphatic carbocycles. The molecule has 0 amide bonds. The van der Waals surface area contributed by atoms with Crippen LogP contribution in [0.5, 0.6) is 11.5 Å². The summed E-state index contributed by atoms with van der Waals surface area (Å²) in [7, 11) is 1.63. The molecule has 0 bridgehead atoms. The summed E-state index contributed by atoms with van der Waals surface area (Å²) in [6.45, 7) is 0.733. The van der Waals surface area contributed by atoms with Crippen molar-refractivity contribution < 1.29 is 23.8 Å². The third-order valence-electron chi connectivity index (χ3n) is 7.15. The van der Waals surface area contributed by atoms with Crippen LogP contribution < -0.4 is 15.0 Å². The van der Waals surface area contributed by atoms with Crippen molar-refractivity contribution in [1.82, 2.24) is 5.48 Å². The van der Waals surface area contributed by atoms with Gasteiger partial charge in [0.15, 0.2) is 0 Å². The Kier molecular flexibility index (Phi) is 8.79. The van der Waals surface area contributed by atoms with Gasteiger partial charge in [-0.1, -0.05) is 91.0 Å². The van der Waals surface area contributed by atoms with E-state index in [1.807, 2.05) is 103 Å². The number of rotatable bonds is 11. The van der Waals surface area contributed by atoms with E-state index in [1.54, 1.807) is 19.2 Å². The molecule has 1 N–H and O–H groups in total. The first-order valence-electron chi connectivity index (χ1n) is 13.4. The second kappa shape index (κ2) is 13.0. The van der Waals surface area contributed by atoms with E-state index >= 15 is 0 Å². The second-order valence-corrected chi connectivity index (χ2v) is 9.77. The van der Waals surface area contributed by atoms with Gasteiger partial charge in [0, 0.05) is 0 Å². The molecule has 1 unspecified atom stereocenters. The van der Waals surface area contributed by atoms with Crippen molar-refractivity contribution in [3.05, 3.63) is 143 Å². The van der Waals surface area contributed by atoms with Gasteiger partial charge in [0.05, 0.1) is 19.1 Å². The number of methoxy groups -OCH3 is 1. The summed E-state index contributed by atoms with van der Waals surface area (Å²) in [6.07, 6.45) is 1.64. The maximum atomic E-state index is 13.9. The van der Waals surface area contributed by atoms with Gasteiger partial charge in [0.2, 0.25) is 5.88 Å². The number of allylic oxidation sites excluding steroid dienone is 1. The van der Waals surface area contributed by atoms with Gasteiger partial charge < -0.3 is 14.2 Å². The highest BCUT2D eigenvalue weighted by molar-refractivity contribution is 5.86. The summed E-state index contributed by atoms with van der Waals surface area (Å²) in [5.41, 5.74) is 6.08. The van der Waals surface area contributed by atoms with Crippen LogP contribution in [0.25, 0.3) is 0 Å². The zero-order chi connectivity index (χ0) is 27.6. The molecule has 0 radical (unpaired) electrons. The summed E-state index contributed by atoms with van der Waals surface area (Å²) in [5, 5.41) is 0. The fourth-order valence-electron chi connectivity index (χ4n) is 4.93. The Hall–Kier alpha value is -4.55. The summed E-state index contributed by atoms with van der Waals surface area (Å²) < 4.78 is 17.6. The van der Waals surface area contributed by atoms with Crippen LogP contribution in [0, 0.1) is 0 Å². The van der Waals surface area contributed by atoms with Crippen molar-refractivity contribution in [2.45, 2.75) is 37.9 Å². The van der Waals surface area contributed by atoms with Crippen molar-refractivity contribution in [2.24, 2.45) is 0 Å². The number of esters is 1. The largest absolute Gasteiger partial charge is 0.497 e. The average Bonchev–Trinajstić information content (AvgIpc) is 3.47. The lowest BCUT2D eigenvalue weighted by molar-refractivity contribution is -0.140. The standard InChI is InChI=1S/C34H33NO5/c1-37-30-19-17-29(18-20-30)34(33(36)40-31-15-9-4-10-16-31)22-21-28(23-34)32(38-24-26-11-5-2-6-12-26)35-39-25-27-13-7-3-8-14-27/h2-20,35H,21-25H2,1H3. The average molecular weight is 536 g/mol. The topological polar surface area (TPSA) is 66.0 Å². The van der Waals surface area contributed by atoms with Crippen LogP contribution in [-0.2, 0) is 33.0 Å². The Balaban J connectivity index is 1.43. The number of para-hydroxylation sites is 1. The minimum Gasteiger partial charge on any atom is -0.497 e. The lowest BCUT2D eigenvalue weighted by Crippen LogP contribution is -2.37. The number of carbonyl (C=O) groups excluding carboxylic acids is 1. The molecule has 0 aromatic heterocycles. The molecule has 0 spiro atoms. The fourth-order valence-corrected chi connectivity index (χ4v) is 4.93. The van der Waals surface area contributed by atoms with Crippen molar-refractivity contribution in [3.63, 3.8) is 0 Å². The van der Waals surface area contributed by atoms with E-state index < -0.39 is 5.41 Å². The Morgan fingerprint density at radius 1 is 0.750 bits per heavy atom. The van der Waals surface area contributed by atoms with Crippen molar-refractivity contribution >= 4 is 5.97 Å². The van der Waals surface area contributed by atoms with E-state index in [0.29, 0.717) is 44.1 Å². The normalized spacial score (nSPS) is 17.6. The maximum Gasteiger partial charge on any atom is 0.322 e. The van der Waals surface area contributed by atoms with Gasteiger partial charge in [-0.25, -0.2) is 5.48 Å². The maximum absolute atomic E-state index is 13.9. The first-order chi connectivity index (χ1) is 19.7. The molecule has 0 aliphatic heterocycles. The number of nitrogens with one attached hydrogen (secondary N) is 1. The first-order valence-corrected chi connectivity index (χ1v) is 13.4. The summed E-state index contributed by atoms with van der Waals surface area (Å²) in [5.74, 6) is 1.48. The van der Waals surface area contributed by atoms with Gasteiger partial charge in [-0.15, -0.1) is 0 Å². The van der Waals surface area contributed by atoms with Crippen molar-refractivity contribution in [2.75, 3.05) is 7.11 Å². The molecule has 5 rings (SSSR count). The highest BCUT2D eigenvalue weighted by Crippen LogP contribution is 2.46. The highest BCUT2D eigenvalue weighted by Gasteiger charge is 2.47. The predicted molar refractivity (Wildman–Crippen MR) is 153 cm³/mol. The molecular formula is C34H33NO5. The quantitative estimate of drug-likeness (QED) is 0.0978. The molecule has 204 valence electrons. The summed E-state index contributed by atoms with van der Waals surface area (Å²) >= 11 is 0. The SMILES string of the molecule is COc1ccc(C2(C(=O)Oc3ccccc3)CCC(=C(NOCc3ccccc3)OCc3ccccc3)C2)cc1. The number of carbonyl (C=O) groups is 1. The molecule has 6 nitrogen and oxygen atoms in total. The van der Waals surface area contributed by atoms with E-state index in [1.165, 1.54) is 0 Å². The molecule has 6 heteroatoms. The Labute approximate surface area is 235 Å². The lowest BCUT2D eigenvalue weighted by atomic mass is 9.78. The number of ether oxygens (including phenoxy) is 3. The monoisotopic (exact) mass is 535 g/mol. The van der Waals surface area contributed by atoms with Crippen LogP contribution in [0.3, 0.4) is 0 Å². The predicted octanol–water partition coefficient (Wildman–Crippen LogP) is 6.87. The van der Waals surface area contributed by atoms with Crippen molar-refractivity contribution in [3.8, 4) is 11.5 Å². The Morgan fingerprint density at radius 2 is 1.35 bits per heavy atom. The lowest BCUT2D eigenvalue weighted by Gasteiger charge is -2.27. The van der Waals surface area contributed by atoms with Crippen LogP contribution in [0.15, 0.2) is 127 Å². The van der Waals surface area contributed by atoms with Crippen LogP contribution in [-0.4, -0.2) is 13.1 Å². The molecule has 0 heterocycles. The molecule has 1 fully saturated rings. The molecule has 1 aliphatic rings. The van der Waals surface area contributed by atoms with E-state index in [4.69, 9.17) is 19.0 Å². The van der Waals surface area contributed by atoms with E-state index in [0.717, 1.165) is 28.0 Å². The molecule has 1 atom stereocenters. The van der Waals surface area contributed by atoms with Gasteiger partial charge >= 0.3 is 5.97 Å². The molecular weight excluding hydrogens is 502 g/mol. The van der Waals surface area contributed by atoms with Crippen LogP contribution in [0.4, 0.5) is 0 Å². The number of benzene rings is 4. The molecule has 4 aromatic carbocycles. The Morgan fingerprint density at radius 3 is 1.98 bits per heavy atom. The second-order valence-electron chi connectivity index (χ2n) is 9.77. The third-order valence-corrected chi connectivity index (χ3v) is 7.15. The fraction of sp³-hybridized carbons (Fsp3) is 0.206. The van der Waals surface area contributed by atoms with Gasteiger partial charge in [-0.2, -0.15) is 0 Å². The molecule has 0 saturated heterocycles. The summed E-state index contributed by atoms with van der Waals surface area (Å²) in [4.78, 5) is 19.7. The number of hydrogen-bond donors (Lipinski definition) is 1. The minimum atomic E-state index is -0.889. The van der Waals surface area contributed by atoms with Gasteiger partial charge in [0.1, 0.15) is 18.1 Å². The third kappa shape index (κ3) is 6.53. The minimum absolute atomic E-state index is 0.300. The number of hydroxylamine groups is 1. The zero-order valence-corrected chi connectivity index (χ0v) is 22.5. The highest BCUT2D eigenvalue weighted by atomic mass is 16.7. The van der Waals surface area contributed by atoms with E-state index in [9.17, 15) is 4.79 Å². The van der Waals surface area contributed by atoms with Crippen LogP contribution in [0.2, 0.25) is 0 Å². The molecule has 40 heavy (non-hydrogen) atoms. The first kappa shape index (κ1) is 27.0. The van der Waals surface area contributed by atoms with Crippen LogP contribution >= 0.6 is 0 Å². The zero-order valence-electron chi connectivity index (χ0n) is 22.5.